The van der Waals surface area contributed by atoms with Gasteiger partial charge in [-0.25, -0.2) is 9.67 Å². The molecule has 0 radical (unpaired) electrons. The van der Waals surface area contributed by atoms with Crippen molar-refractivity contribution in [1.82, 2.24) is 14.8 Å². The largest absolute Gasteiger partial charge is 0.325 e. The maximum atomic E-state index is 12.5. The van der Waals surface area contributed by atoms with Gasteiger partial charge in [-0.3, -0.25) is 4.79 Å². The van der Waals surface area contributed by atoms with E-state index in [1.54, 1.807) is 10.8 Å². The zero-order valence-corrected chi connectivity index (χ0v) is 18.5. The van der Waals surface area contributed by atoms with Gasteiger partial charge in [0, 0.05) is 21.1 Å². The third-order valence-corrected chi connectivity index (χ3v) is 5.82. The van der Waals surface area contributed by atoms with Gasteiger partial charge in [-0.2, -0.15) is 0 Å². The predicted molar refractivity (Wildman–Crippen MR) is 127 cm³/mol. The van der Waals surface area contributed by atoms with E-state index >= 15 is 0 Å². The van der Waals surface area contributed by atoms with Gasteiger partial charge in [0.05, 0.1) is 12.3 Å². The Kier molecular flexibility index (Phi) is 6.30. The third-order valence-electron chi connectivity index (χ3n) is 4.45. The average molecular weight is 479 g/mol. The highest BCUT2D eigenvalue weighted by molar-refractivity contribution is 9.10. The van der Waals surface area contributed by atoms with E-state index in [4.69, 9.17) is 0 Å². The van der Waals surface area contributed by atoms with Gasteiger partial charge in [0.2, 0.25) is 11.1 Å². The summed E-state index contributed by atoms with van der Waals surface area (Å²) in [6.45, 7) is 4.34. The van der Waals surface area contributed by atoms with Crippen molar-refractivity contribution in [3.05, 3.63) is 83.9 Å². The van der Waals surface area contributed by atoms with Crippen LogP contribution in [0.3, 0.4) is 0 Å². The van der Waals surface area contributed by atoms with Crippen LogP contribution >= 0.6 is 27.7 Å². The Morgan fingerprint density at radius 2 is 1.87 bits per heavy atom. The van der Waals surface area contributed by atoms with Gasteiger partial charge >= 0.3 is 0 Å². The first-order chi connectivity index (χ1) is 14.6. The highest BCUT2D eigenvalue weighted by atomic mass is 79.9. The first-order valence-corrected chi connectivity index (χ1v) is 11.1. The SMILES string of the molecule is C=CCn1nc(SCC(=O)Nc2cccc3ccccc23)nc1-c1ccc(Br)cc1. The molecule has 1 amide bonds. The fraction of sp³-hybridized carbons (Fsp3) is 0.0870. The molecule has 0 spiro atoms. The van der Waals surface area contributed by atoms with E-state index < -0.39 is 0 Å². The molecule has 0 saturated carbocycles. The number of anilines is 1. The number of thioether (sulfide) groups is 1. The number of allylic oxidation sites excluding steroid dienone is 1. The molecule has 0 bridgehead atoms. The summed E-state index contributed by atoms with van der Waals surface area (Å²) in [5, 5.41) is 10.2. The molecule has 4 rings (SSSR count). The number of aromatic nitrogens is 3. The Hall–Kier alpha value is -2.90. The Labute approximate surface area is 187 Å². The highest BCUT2D eigenvalue weighted by Crippen LogP contribution is 2.25. The molecule has 1 aromatic heterocycles. The van der Waals surface area contributed by atoms with Crippen LogP contribution in [-0.2, 0) is 11.3 Å². The van der Waals surface area contributed by atoms with E-state index in [0.717, 1.165) is 32.3 Å². The summed E-state index contributed by atoms with van der Waals surface area (Å²) in [4.78, 5) is 17.2. The number of carbonyl (C=O) groups is 1. The van der Waals surface area contributed by atoms with Gasteiger partial charge in [0.25, 0.3) is 0 Å². The number of rotatable bonds is 7. The summed E-state index contributed by atoms with van der Waals surface area (Å²) in [6.07, 6.45) is 1.78. The van der Waals surface area contributed by atoms with Crippen molar-refractivity contribution >= 4 is 50.1 Å². The number of benzene rings is 3. The third kappa shape index (κ3) is 4.63. The molecule has 1 heterocycles. The minimum Gasteiger partial charge on any atom is -0.325 e. The molecule has 4 aromatic rings. The van der Waals surface area contributed by atoms with Gasteiger partial charge in [0.15, 0.2) is 5.82 Å². The summed E-state index contributed by atoms with van der Waals surface area (Å²) in [5.41, 5.74) is 1.76. The lowest BCUT2D eigenvalue weighted by Gasteiger charge is -2.08. The van der Waals surface area contributed by atoms with Crippen molar-refractivity contribution in [1.29, 1.82) is 0 Å². The molecule has 0 aliphatic heterocycles. The summed E-state index contributed by atoms with van der Waals surface area (Å²) in [5.74, 6) is 0.877. The minimum atomic E-state index is -0.0957. The maximum Gasteiger partial charge on any atom is 0.234 e. The molecule has 7 heteroatoms. The number of hydrogen-bond acceptors (Lipinski definition) is 4. The Balaban J connectivity index is 1.48. The fourth-order valence-electron chi connectivity index (χ4n) is 3.10. The molecule has 3 aromatic carbocycles. The quantitative estimate of drug-likeness (QED) is 0.270. The van der Waals surface area contributed by atoms with Crippen molar-refractivity contribution in [2.24, 2.45) is 0 Å². The van der Waals surface area contributed by atoms with Crippen molar-refractivity contribution in [2.45, 2.75) is 11.7 Å². The molecule has 1 N–H and O–H groups in total. The van der Waals surface area contributed by atoms with E-state index in [9.17, 15) is 4.79 Å². The number of hydrogen-bond donors (Lipinski definition) is 1. The molecule has 0 aliphatic carbocycles. The van der Waals surface area contributed by atoms with Crippen LogP contribution in [0.25, 0.3) is 22.2 Å². The lowest BCUT2D eigenvalue weighted by atomic mass is 10.1. The van der Waals surface area contributed by atoms with Crippen LogP contribution in [0.2, 0.25) is 0 Å². The number of fused-ring (bicyclic) bond motifs is 1. The predicted octanol–water partition coefficient (Wildman–Crippen LogP) is 5.78. The Bertz CT molecular complexity index is 1200. The molecule has 0 fully saturated rings. The highest BCUT2D eigenvalue weighted by Gasteiger charge is 2.14. The second-order valence-corrected chi connectivity index (χ2v) is 8.42. The number of amides is 1. The molecule has 0 aliphatic rings. The second kappa shape index (κ2) is 9.28. The van der Waals surface area contributed by atoms with Crippen molar-refractivity contribution in [3.63, 3.8) is 0 Å². The van der Waals surface area contributed by atoms with Gasteiger partial charge in [-0.1, -0.05) is 82.3 Å². The number of nitrogens with one attached hydrogen (secondary N) is 1. The summed E-state index contributed by atoms with van der Waals surface area (Å²) >= 11 is 4.76. The first kappa shape index (κ1) is 20.4. The van der Waals surface area contributed by atoms with Crippen LogP contribution in [0.15, 0.2) is 89.0 Å². The van der Waals surface area contributed by atoms with Crippen molar-refractivity contribution in [2.75, 3.05) is 11.1 Å². The average Bonchev–Trinajstić information content (AvgIpc) is 3.16. The van der Waals surface area contributed by atoms with Gasteiger partial charge in [-0.15, -0.1) is 11.7 Å². The zero-order chi connectivity index (χ0) is 20.9. The van der Waals surface area contributed by atoms with Crippen molar-refractivity contribution in [3.8, 4) is 11.4 Å². The van der Waals surface area contributed by atoms with Crippen LogP contribution in [-0.4, -0.2) is 26.4 Å². The van der Waals surface area contributed by atoms with E-state index in [1.807, 2.05) is 66.7 Å². The number of carbonyl (C=O) groups excluding carboxylic acids is 1. The molecule has 0 unspecified atom stereocenters. The van der Waals surface area contributed by atoms with Crippen LogP contribution in [0.4, 0.5) is 5.69 Å². The topological polar surface area (TPSA) is 59.8 Å². The molecular weight excluding hydrogens is 460 g/mol. The number of nitrogens with zero attached hydrogens (tertiary/aromatic N) is 3. The van der Waals surface area contributed by atoms with Gasteiger partial charge in [-0.05, 0) is 23.6 Å². The monoisotopic (exact) mass is 478 g/mol. The second-order valence-electron chi connectivity index (χ2n) is 6.56. The number of halogens is 1. The molecule has 5 nitrogen and oxygen atoms in total. The van der Waals surface area contributed by atoms with E-state index in [2.05, 4.69) is 37.9 Å². The van der Waals surface area contributed by atoms with Crippen LogP contribution in [0.5, 0.6) is 0 Å². The van der Waals surface area contributed by atoms with Crippen molar-refractivity contribution < 1.29 is 4.79 Å². The van der Waals surface area contributed by atoms with Crippen LogP contribution < -0.4 is 5.32 Å². The van der Waals surface area contributed by atoms with Gasteiger partial charge in [0.1, 0.15) is 0 Å². The zero-order valence-electron chi connectivity index (χ0n) is 16.1. The lowest BCUT2D eigenvalue weighted by Crippen LogP contribution is -2.14. The Morgan fingerprint density at radius 1 is 1.10 bits per heavy atom. The minimum absolute atomic E-state index is 0.0957. The normalized spacial score (nSPS) is 10.8. The standard InChI is InChI=1S/C23H19BrN4OS/c1-2-14-28-22(17-10-12-18(24)13-11-17)26-23(27-28)30-15-21(29)25-20-9-5-7-16-6-3-4-8-19(16)20/h2-13H,1,14-15H2,(H,25,29). The molecule has 0 saturated heterocycles. The Morgan fingerprint density at radius 3 is 2.67 bits per heavy atom. The molecule has 0 atom stereocenters. The smallest absolute Gasteiger partial charge is 0.234 e. The van der Waals surface area contributed by atoms with Gasteiger partial charge < -0.3 is 5.32 Å². The van der Waals surface area contributed by atoms with E-state index in [0.29, 0.717) is 11.7 Å². The summed E-state index contributed by atoms with van der Waals surface area (Å²) < 4.78 is 2.79. The fourth-order valence-corrected chi connectivity index (χ4v) is 4.00. The molecule has 30 heavy (non-hydrogen) atoms. The molecular formula is C23H19BrN4OS. The summed E-state index contributed by atoms with van der Waals surface area (Å²) in [6, 6.07) is 21.7. The van der Waals surface area contributed by atoms with E-state index in [-0.39, 0.29) is 11.7 Å². The maximum absolute atomic E-state index is 12.5. The van der Waals surface area contributed by atoms with Crippen LogP contribution in [0.1, 0.15) is 0 Å². The first-order valence-electron chi connectivity index (χ1n) is 9.36. The van der Waals surface area contributed by atoms with E-state index in [1.165, 1.54) is 11.8 Å². The van der Waals surface area contributed by atoms with Crippen LogP contribution in [0, 0.1) is 0 Å². The lowest BCUT2D eigenvalue weighted by molar-refractivity contribution is -0.113. The molecule has 150 valence electrons. The summed E-state index contributed by atoms with van der Waals surface area (Å²) in [7, 11) is 0.